The molecule has 1 N–H and O–H groups in total. The summed E-state index contributed by atoms with van der Waals surface area (Å²) in [5.74, 6) is 1.06. The molecule has 1 aromatic heterocycles. The van der Waals surface area contributed by atoms with E-state index < -0.39 is 0 Å². The predicted molar refractivity (Wildman–Crippen MR) is 110 cm³/mol. The number of benzene rings is 1. The van der Waals surface area contributed by atoms with Crippen LogP contribution in [0.15, 0.2) is 35.7 Å². The van der Waals surface area contributed by atoms with Crippen molar-refractivity contribution in [2.45, 2.75) is 26.7 Å². The minimum atomic E-state index is -0.340. The van der Waals surface area contributed by atoms with E-state index in [9.17, 15) is 10.1 Å². The molecule has 28 heavy (non-hydrogen) atoms. The van der Waals surface area contributed by atoms with Crippen LogP contribution in [-0.2, 0) is 4.79 Å². The Balaban J connectivity index is 2.37. The molecule has 0 saturated carbocycles. The van der Waals surface area contributed by atoms with Crippen molar-refractivity contribution in [1.82, 2.24) is 4.98 Å². The molecule has 1 aromatic carbocycles. The topological polar surface area (TPSA) is 78.2 Å². The quantitative estimate of drug-likeness (QED) is 0.801. The Morgan fingerprint density at radius 3 is 2.75 bits per heavy atom. The number of anilines is 2. The second kappa shape index (κ2) is 7.73. The Morgan fingerprint density at radius 1 is 1.39 bits per heavy atom. The van der Waals surface area contributed by atoms with Crippen molar-refractivity contribution in [1.29, 1.82) is 5.26 Å². The number of pyridine rings is 1. The number of nitrogens with one attached hydrogen (secondary N) is 1. The minimum absolute atomic E-state index is 0.340. The molecule has 2 aromatic rings. The van der Waals surface area contributed by atoms with Crippen molar-refractivity contribution in [2.24, 2.45) is 0 Å². The molecular weight excluding hydrogens is 352 g/mol. The number of aldehydes is 1. The van der Waals surface area contributed by atoms with Crippen LogP contribution >= 0.6 is 0 Å². The number of carbonyl (C=O) groups is 1. The number of methoxy groups -OCH3 is 1. The van der Waals surface area contributed by atoms with Crippen LogP contribution in [0.25, 0.3) is 0 Å². The van der Waals surface area contributed by atoms with Crippen LogP contribution in [0, 0.1) is 18.3 Å². The molecule has 0 fully saturated rings. The van der Waals surface area contributed by atoms with Crippen molar-refractivity contribution in [3.8, 4) is 11.8 Å². The summed E-state index contributed by atoms with van der Waals surface area (Å²) in [4.78, 5) is 18.8. The average molecular weight is 376 g/mol. The third-order valence-corrected chi connectivity index (χ3v) is 5.27. The van der Waals surface area contributed by atoms with Crippen molar-refractivity contribution in [3.05, 3.63) is 57.9 Å². The maximum absolute atomic E-state index is 12.1. The van der Waals surface area contributed by atoms with Gasteiger partial charge >= 0.3 is 0 Å². The van der Waals surface area contributed by atoms with Gasteiger partial charge in [-0.3, -0.25) is 4.79 Å². The smallest absolute Gasteiger partial charge is 0.148 e. The second-order valence-corrected chi connectivity index (χ2v) is 6.89. The Kier molecular flexibility index (Phi) is 5.36. The number of aryl methyl sites for hydroxylation is 1. The van der Waals surface area contributed by atoms with Gasteiger partial charge in [-0.2, -0.15) is 5.26 Å². The van der Waals surface area contributed by atoms with E-state index in [1.54, 1.807) is 19.2 Å². The molecule has 0 aliphatic carbocycles. The van der Waals surface area contributed by atoms with E-state index in [-0.39, 0.29) is 5.92 Å². The minimum Gasteiger partial charge on any atom is -0.496 e. The van der Waals surface area contributed by atoms with Crippen LogP contribution in [0.5, 0.6) is 5.75 Å². The second-order valence-electron chi connectivity index (χ2n) is 6.89. The van der Waals surface area contributed by atoms with E-state index in [4.69, 9.17) is 4.74 Å². The lowest BCUT2D eigenvalue weighted by atomic mass is 9.80. The summed E-state index contributed by atoms with van der Waals surface area (Å²) >= 11 is 0. The van der Waals surface area contributed by atoms with Crippen LogP contribution in [0.1, 0.15) is 42.0 Å². The molecular formula is C22H24N4O2. The Bertz CT molecular complexity index is 1000. The largest absolute Gasteiger partial charge is 0.496 e. The number of nitrogens with zero attached hydrogens (tertiary/aromatic N) is 3. The lowest BCUT2D eigenvalue weighted by Crippen LogP contribution is -2.26. The molecule has 0 amide bonds. The first-order valence-corrected chi connectivity index (χ1v) is 9.18. The normalized spacial score (nSPS) is 15.4. The third kappa shape index (κ3) is 3.09. The molecule has 0 spiro atoms. The van der Waals surface area contributed by atoms with Gasteiger partial charge in [0.15, 0.2) is 0 Å². The predicted octanol–water partition coefficient (Wildman–Crippen LogP) is 3.76. The number of hydrogen-bond acceptors (Lipinski definition) is 6. The maximum atomic E-state index is 12.1. The van der Waals surface area contributed by atoms with Crippen molar-refractivity contribution < 1.29 is 9.53 Å². The lowest BCUT2D eigenvalue weighted by molar-refractivity contribution is -0.105. The summed E-state index contributed by atoms with van der Waals surface area (Å²) in [6.07, 6.45) is 2.74. The Labute approximate surface area is 165 Å². The van der Waals surface area contributed by atoms with Gasteiger partial charge in [0.05, 0.1) is 24.4 Å². The summed E-state index contributed by atoms with van der Waals surface area (Å²) in [5.41, 5.74) is 5.70. The van der Waals surface area contributed by atoms with E-state index in [0.717, 1.165) is 46.7 Å². The zero-order valence-electron chi connectivity index (χ0n) is 16.8. The fourth-order valence-electron chi connectivity index (χ4n) is 3.64. The Hall–Kier alpha value is -3.33. The number of carbonyl (C=O) groups excluding carboxylic acids is 1. The zero-order valence-corrected chi connectivity index (χ0v) is 16.8. The van der Waals surface area contributed by atoms with E-state index in [1.807, 2.05) is 33.2 Å². The number of fused-ring (bicyclic) bond motifs is 1. The summed E-state index contributed by atoms with van der Waals surface area (Å²) in [7, 11) is 3.56. The molecule has 1 unspecified atom stereocenters. The molecule has 0 radical (unpaired) electrons. The van der Waals surface area contributed by atoms with Crippen LogP contribution in [0.3, 0.4) is 0 Å². The zero-order chi connectivity index (χ0) is 20.4. The molecule has 6 nitrogen and oxygen atoms in total. The van der Waals surface area contributed by atoms with Gasteiger partial charge in [0.25, 0.3) is 0 Å². The Morgan fingerprint density at radius 2 is 2.14 bits per heavy atom. The molecule has 6 heteroatoms. The van der Waals surface area contributed by atoms with E-state index in [1.165, 1.54) is 0 Å². The van der Waals surface area contributed by atoms with Crippen molar-refractivity contribution in [2.75, 3.05) is 30.9 Å². The number of hydrogen-bond donors (Lipinski definition) is 1. The van der Waals surface area contributed by atoms with Gasteiger partial charge in [0, 0.05) is 48.1 Å². The van der Waals surface area contributed by atoms with E-state index in [0.29, 0.717) is 16.9 Å². The number of allylic oxidation sites excluding steroid dienone is 2. The summed E-state index contributed by atoms with van der Waals surface area (Å²) in [6, 6.07) is 7.47. The van der Waals surface area contributed by atoms with Crippen LogP contribution in [0.4, 0.5) is 11.5 Å². The molecule has 1 atom stereocenters. The average Bonchev–Trinajstić information content (AvgIpc) is 2.72. The maximum Gasteiger partial charge on any atom is 0.148 e. The van der Waals surface area contributed by atoms with Crippen molar-refractivity contribution in [3.63, 3.8) is 0 Å². The van der Waals surface area contributed by atoms with Crippen molar-refractivity contribution >= 4 is 17.8 Å². The molecule has 144 valence electrons. The molecule has 3 rings (SSSR count). The summed E-state index contributed by atoms with van der Waals surface area (Å²) in [5, 5.41) is 12.6. The fraction of sp³-hybridized carbons (Fsp3) is 0.318. The number of ether oxygens (including phenoxy) is 1. The number of rotatable bonds is 5. The highest BCUT2D eigenvalue weighted by molar-refractivity contribution is 5.87. The highest BCUT2D eigenvalue weighted by Crippen LogP contribution is 2.48. The van der Waals surface area contributed by atoms with Gasteiger partial charge in [-0.15, -0.1) is 0 Å². The van der Waals surface area contributed by atoms with Crippen LogP contribution in [0.2, 0.25) is 0 Å². The van der Waals surface area contributed by atoms with E-state index in [2.05, 4.69) is 28.2 Å². The van der Waals surface area contributed by atoms with Crippen LogP contribution in [-0.4, -0.2) is 32.0 Å². The third-order valence-electron chi connectivity index (χ3n) is 5.27. The molecule has 0 saturated heterocycles. The fourth-order valence-corrected chi connectivity index (χ4v) is 3.64. The highest BCUT2D eigenvalue weighted by atomic mass is 16.5. The first-order valence-electron chi connectivity index (χ1n) is 9.18. The molecule has 2 heterocycles. The summed E-state index contributed by atoms with van der Waals surface area (Å²) < 4.78 is 5.60. The first kappa shape index (κ1) is 19.4. The lowest BCUT2D eigenvalue weighted by Gasteiger charge is -2.34. The van der Waals surface area contributed by atoms with E-state index >= 15 is 0 Å². The number of nitriles is 1. The van der Waals surface area contributed by atoms with Gasteiger partial charge in [-0.05, 0) is 38.5 Å². The van der Waals surface area contributed by atoms with Gasteiger partial charge in [0.2, 0.25) is 0 Å². The SMILES string of the molecule is CCN(C)c1ncc(C)c2c1C(c1ccc(C#N)cc1OC)C(C=O)=C(C)N2. The van der Waals surface area contributed by atoms with Gasteiger partial charge in [0.1, 0.15) is 17.9 Å². The van der Waals surface area contributed by atoms with Gasteiger partial charge in [-0.25, -0.2) is 4.98 Å². The standard InChI is InChI=1S/C22H24N4O2/c1-6-26(4)22-20-19(16-8-7-15(10-23)9-18(16)28-5)17(12-27)14(3)25-21(20)13(2)11-24-22/h7-9,11-12,19,25H,6H2,1-5H3. The highest BCUT2D eigenvalue weighted by Gasteiger charge is 2.34. The van der Waals surface area contributed by atoms with Gasteiger partial charge in [-0.1, -0.05) is 6.07 Å². The van der Waals surface area contributed by atoms with Crippen LogP contribution < -0.4 is 15.0 Å². The molecule has 0 bridgehead atoms. The first-order chi connectivity index (χ1) is 13.5. The molecule has 1 aliphatic heterocycles. The summed E-state index contributed by atoms with van der Waals surface area (Å²) in [6.45, 7) is 6.74. The number of aromatic nitrogens is 1. The van der Waals surface area contributed by atoms with Gasteiger partial charge < -0.3 is 15.0 Å². The monoisotopic (exact) mass is 376 g/mol. The molecule has 1 aliphatic rings.